The van der Waals surface area contributed by atoms with Gasteiger partial charge < -0.3 is 10.6 Å². The first kappa shape index (κ1) is 13.2. The molecule has 18 heavy (non-hydrogen) atoms. The zero-order chi connectivity index (χ0) is 13.1. The number of hydrogen-bond donors (Lipinski definition) is 1. The van der Waals surface area contributed by atoms with Crippen LogP contribution < -0.4 is 10.6 Å². The average molecular weight is 256 g/mol. The summed E-state index contributed by atoms with van der Waals surface area (Å²) < 4.78 is 26.4. The first-order valence-corrected chi connectivity index (χ1v) is 6.12. The number of anilines is 1. The molecule has 6 heteroatoms. The number of halogens is 2. The van der Waals surface area contributed by atoms with Gasteiger partial charge in [0.15, 0.2) is 11.6 Å². The highest BCUT2D eigenvalue weighted by Crippen LogP contribution is 2.18. The summed E-state index contributed by atoms with van der Waals surface area (Å²) in [4.78, 5) is 7.93. The lowest BCUT2D eigenvalue weighted by molar-refractivity contribution is 0.200. The second-order valence-electron chi connectivity index (χ2n) is 4.57. The second kappa shape index (κ2) is 5.58. The van der Waals surface area contributed by atoms with Gasteiger partial charge in [-0.15, -0.1) is 0 Å². The summed E-state index contributed by atoms with van der Waals surface area (Å²) in [5, 5.41) is 0. The quantitative estimate of drug-likeness (QED) is 0.870. The molecule has 0 radical (unpaired) electrons. The fraction of sp³-hybridized carbons (Fsp3) is 0.583. The summed E-state index contributed by atoms with van der Waals surface area (Å²) >= 11 is 0. The monoisotopic (exact) mass is 256 g/mol. The summed E-state index contributed by atoms with van der Waals surface area (Å²) in [5.74, 6) is -1.02. The van der Waals surface area contributed by atoms with Crippen molar-refractivity contribution in [2.24, 2.45) is 5.73 Å². The van der Waals surface area contributed by atoms with E-state index >= 15 is 0 Å². The smallest absolute Gasteiger partial charge is 0.168 e. The van der Waals surface area contributed by atoms with E-state index in [1.165, 1.54) is 0 Å². The average Bonchev–Trinajstić information content (AvgIpc) is 2.38. The van der Waals surface area contributed by atoms with Crippen molar-refractivity contribution < 1.29 is 8.78 Å². The van der Waals surface area contributed by atoms with E-state index in [9.17, 15) is 8.78 Å². The van der Waals surface area contributed by atoms with Gasteiger partial charge in [-0.05, 0) is 6.92 Å². The maximum Gasteiger partial charge on any atom is 0.168 e. The van der Waals surface area contributed by atoms with Gasteiger partial charge in [-0.2, -0.15) is 0 Å². The van der Waals surface area contributed by atoms with E-state index < -0.39 is 11.6 Å². The minimum Gasteiger partial charge on any atom is -0.352 e. The molecule has 2 rings (SSSR count). The van der Waals surface area contributed by atoms with Crippen LogP contribution in [0, 0.1) is 11.6 Å². The van der Waals surface area contributed by atoms with Gasteiger partial charge in [0, 0.05) is 44.8 Å². The maximum atomic E-state index is 13.6. The number of aromatic nitrogens is 1. The predicted molar refractivity (Wildman–Crippen MR) is 66.5 cm³/mol. The van der Waals surface area contributed by atoms with Crippen LogP contribution in [0.15, 0.2) is 12.3 Å². The Morgan fingerprint density at radius 2 is 2.00 bits per heavy atom. The molecule has 1 aliphatic heterocycles. The molecule has 1 aromatic rings. The number of nitrogens with zero attached hydrogens (tertiary/aromatic N) is 3. The molecule has 100 valence electrons. The lowest BCUT2D eigenvalue weighted by Gasteiger charge is -2.38. The molecule has 0 aliphatic carbocycles. The Labute approximate surface area is 105 Å². The van der Waals surface area contributed by atoms with Crippen molar-refractivity contribution in [1.82, 2.24) is 9.88 Å². The molecule has 0 aromatic carbocycles. The van der Waals surface area contributed by atoms with Gasteiger partial charge >= 0.3 is 0 Å². The van der Waals surface area contributed by atoms with Gasteiger partial charge in [-0.3, -0.25) is 4.90 Å². The molecule has 1 saturated heterocycles. The predicted octanol–water partition coefficient (Wildman–Crippen LogP) is 0.829. The Hall–Kier alpha value is -1.27. The fourth-order valence-electron chi connectivity index (χ4n) is 2.16. The van der Waals surface area contributed by atoms with E-state index in [0.717, 1.165) is 25.4 Å². The Balaban J connectivity index is 2.01. The molecule has 0 bridgehead atoms. The van der Waals surface area contributed by atoms with Crippen LogP contribution in [0.4, 0.5) is 14.6 Å². The molecule has 1 aliphatic rings. The van der Waals surface area contributed by atoms with Gasteiger partial charge in [0.25, 0.3) is 0 Å². The molecular weight excluding hydrogens is 238 g/mol. The number of nitrogens with two attached hydrogens (primary N) is 1. The van der Waals surface area contributed by atoms with Crippen LogP contribution in [0.3, 0.4) is 0 Å². The zero-order valence-corrected chi connectivity index (χ0v) is 10.4. The first-order valence-electron chi connectivity index (χ1n) is 6.12. The van der Waals surface area contributed by atoms with E-state index in [1.807, 2.05) is 4.90 Å². The summed E-state index contributed by atoms with van der Waals surface area (Å²) in [7, 11) is 0. The van der Waals surface area contributed by atoms with E-state index in [4.69, 9.17) is 5.73 Å². The normalized spacial score (nSPS) is 19.0. The van der Waals surface area contributed by atoms with Gasteiger partial charge in [-0.1, -0.05) is 0 Å². The third-order valence-corrected chi connectivity index (χ3v) is 3.37. The maximum absolute atomic E-state index is 13.6. The Morgan fingerprint density at radius 1 is 1.33 bits per heavy atom. The molecule has 0 amide bonds. The van der Waals surface area contributed by atoms with E-state index in [2.05, 4.69) is 16.8 Å². The third-order valence-electron chi connectivity index (χ3n) is 3.37. The number of rotatable bonds is 3. The highest BCUT2D eigenvalue weighted by Gasteiger charge is 2.22. The second-order valence-corrected chi connectivity index (χ2v) is 4.57. The highest BCUT2D eigenvalue weighted by molar-refractivity contribution is 5.40. The number of hydrogen-bond acceptors (Lipinski definition) is 4. The van der Waals surface area contributed by atoms with Crippen LogP contribution in [-0.2, 0) is 0 Å². The number of pyridine rings is 1. The van der Waals surface area contributed by atoms with Gasteiger partial charge in [-0.25, -0.2) is 13.8 Å². The molecule has 4 nitrogen and oxygen atoms in total. The Morgan fingerprint density at radius 3 is 2.56 bits per heavy atom. The molecule has 1 unspecified atom stereocenters. The lowest BCUT2D eigenvalue weighted by Crippen LogP contribution is -2.51. The van der Waals surface area contributed by atoms with Crippen molar-refractivity contribution in [2.75, 3.05) is 37.6 Å². The van der Waals surface area contributed by atoms with Crippen LogP contribution in [0.2, 0.25) is 0 Å². The summed E-state index contributed by atoms with van der Waals surface area (Å²) in [5.41, 5.74) is 5.62. The minimum atomic E-state index is -0.647. The minimum absolute atomic E-state index is 0.233. The van der Waals surface area contributed by atoms with E-state index in [1.54, 1.807) is 0 Å². The third kappa shape index (κ3) is 2.76. The largest absolute Gasteiger partial charge is 0.352 e. The Bertz CT molecular complexity index is 405. The highest BCUT2D eigenvalue weighted by atomic mass is 19.1. The van der Waals surface area contributed by atoms with Crippen LogP contribution in [0.1, 0.15) is 6.92 Å². The van der Waals surface area contributed by atoms with E-state index in [0.29, 0.717) is 25.7 Å². The molecule has 1 fully saturated rings. The van der Waals surface area contributed by atoms with Gasteiger partial charge in [0.2, 0.25) is 0 Å². The summed E-state index contributed by atoms with van der Waals surface area (Å²) in [6.45, 7) is 5.68. The SMILES string of the molecule is CC(CN)N1CCN(c2ncc(F)cc2F)CC1. The zero-order valence-electron chi connectivity index (χ0n) is 10.4. The van der Waals surface area contributed by atoms with Gasteiger partial charge in [0.1, 0.15) is 5.82 Å². The van der Waals surface area contributed by atoms with Crippen LogP contribution in [0.25, 0.3) is 0 Å². The van der Waals surface area contributed by atoms with Crippen molar-refractivity contribution in [1.29, 1.82) is 0 Å². The van der Waals surface area contributed by atoms with Crippen LogP contribution in [0.5, 0.6) is 0 Å². The molecule has 0 spiro atoms. The topological polar surface area (TPSA) is 45.4 Å². The fourth-order valence-corrected chi connectivity index (χ4v) is 2.16. The van der Waals surface area contributed by atoms with Crippen molar-refractivity contribution in [3.05, 3.63) is 23.9 Å². The standard InChI is InChI=1S/C12H18F2N4/c1-9(7-15)17-2-4-18(5-3-17)12-11(14)6-10(13)8-16-12/h6,8-9H,2-5,7,15H2,1H3. The molecule has 2 heterocycles. The molecule has 1 aromatic heterocycles. The van der Waals surface area contributed by atoms with Crippen molar-refractivity contribution in [3.63, 3.8) is 0 Å². The Kier molecular flexibility index (Phi) is 4.08. The summed E-state index contributed by atoms with van der Waals surface area (Å²) in [6, 6.07) is 1.20. The van der Waals surface area contributed by atoms with Crippen molar-refractivity contribution in [2.45, 2.75) is 13.0 Å². The van der Waals surface area contributed by atoms with Crippen LogP contribution in [-0.4, -0.2) is 48.6 Å². The van der Waals surface area contributed by atoms with Crippen molar-refractivity contribution >= 4 is 5.82 Å². The van der Waals surface area contributed by atoms with Crippen LogP contribution >= 0.6 is 0 Å². The molecule has 0 saturated carbocycles. The van der Waals surface area contributed by atoms with Crippen molar-refractivity contribution in [3.8, 4) is 0 Å². The first-order chi connectivity index (χ1) is 8.61. The molecular formula is C12H18F2N4. The molecule has 1 atom stereocenters. The number of piperazine rings is 1. The van der Waals surface area contributed by atoms with E-state index in [-0.39, 0.29) is 5.82 Å². The lowest BCUT2D eigenvalue weighted by atomic mass is 10.2. The summed E-state index contributed by atoms with van der Waals surface area (Å²) in [6.07, 6.45) is 1.05. The molecule has 2 N–H and O–H groups in total. The van der Waals surface area contributed by atoms with Gasteiger partial charge in [0.05, 0.1) is 6.20 Å².